The highest BCUT2D eigenvalue weighted by molar-refractivity contribution is 6.28. The summed E-state index contributed by atoms with van der Waals surface area (Å²) in [5, 5.41) is 8.69. The summed E-state index contributed by atoms with van der Waals surface area (Å²) in [6.07, 6.45) is 2.43. The van der Waals surface area contributed by atoms with Crippen molar-refractivity contribution in [2.24, 2.45) is 5.92 Å². The summed E-state index contributed by atoms with van der Waals surface area (Å²) < 4.78 is 5.81. The first-order valence-corrected chi connectivity index (χ1v) is 9.78. The second kappa shape index (κ2) is 6.12. The van der Waals surface area contributed by atoms with Crippen LogP contribution in [0.25, 0.3) is 22.2 Å². The van der Waals surface area contributed by atoms with Crippen molar-refractivity contribution in [2.75, 3.05) is 29.9 Å². The van der Waals surface area contributed by atoms with Gasteiger partial charge in [0.05, 0.1) is 16.6 Å². The van der Waals surface area contributed by atoms with Gasteiger partial charge >= 0.3 is 0 Å². The van der Waals surface area contributed by atoms with E-state index in [2.05, 4.69) is 35.3 Å². The van der Waals surface area contributed by atoms with E-state index in [1.54, 1.807) is 0 Å². The third kappa shape index (κ3) is 2.37. The van der Waals surface area contributed by atoms with Crippen molar-refractivity contribution in [1.82, 2.24) is 5.16 Å². The number of anilines is 2. The van der Waals surface area contributed by atoms with Gasteiger partial charge in [0, 0.05) is 36.4 Å². The second-order valence-corrected chi connectivity index (χ2v) is 7.65. The van der Waals surface area contributed by atoms with Crippen LogP contribution in [0.4, 0.5) is 11.4 Å². The smallest absolute Gasteiger partial charge is 0.196 e. The Balaban J connectivity index is 1.80. The Morgan fingerprint density at radius 1 is 1.30 bits per heavy atom. The molecule has 1 aliphatic carbocycles. The first-order chi connectivity index (χ1) is 13.2. The molecule has 2 aromatic carbocycles. The van der Waals surface area contributed by atoms with E-state index < -0.39 is 0 Å². The Morgan fingerprint density at radius 2 is 2.11 bits per heavy atom. The Kier molecular flexibility index (Phi) is 3.71. The summed E-state index contributed by atoms with van der Waals surface area (Å²) in [5.41, 5.74) is 4.96. The maximum Gasteiger partial charge on any atom is 0.196 e. The van der Waals surface area contributed by atoms with Gasteiger partial charge in [-0.3, -0.25) is 4.79 Å². The molecular weight excluding hydrogens is 338 g/mol. The van der Waals surface area contributed by atoms with E-state index in [-0.39, 0.29) is 5.78 Å². The van der Waals surface area contributed by atoms with Crippen molar-refractivity contribution in [3.63, 3.8) is 0 Å². The number of nitrogens with zero attached hydrogens (tertiary/aromatic N) is 2. The number of aromatic nitrogens is 1. The highest BCUT2D eigenvalue weighted by Gasteiger charge is 2.33. The van der Waals surface area contributed by atoms with Gasteiger partial charge in [-0.1, -0.05) is 36.3 Å². The maximum absolute atomic E-state index is 13.3. The van der Waals surface area contributed by atoms with Crippen LogP contribution >= 0.6 is 0 Å². The monoisotopic (exact) mass is 361 g/mol. The van der Waals surface area contributed by atoms with Crippen molar-refractivity contribution in [2.45, 2.75) is 26.7 Å². The molecule has 0 unspecified atom stereocenters. The number of ketones is 1. The predicted molar refractivity (Wildman–Crippen MR) is 108 cm³/mol. The van der Waals surface area contributed by atoms with Crippen LogP contribution in [-0.2, 0) is 0 Å². The standard InChI is InChI=1S/C22H23N3O2/c1-3-23-16-11-17(25-10-6-7-13(2)12-25)20-19-18(16)21(26)14-8-4-5-9-15(14)22(19)27-24-20/h4-5,8-9,11,13,23H,3,6-7,10,12H2,1-2H3/t13-/m1/s1. The fourth-order valence-corrected chi connectivity index (χ4v) is 4.52. The number of hydrogen-bond donors (Lipinski definition) is 1. The van der Waals surface area contributed by atoms with Gasteiger partial charge in [-0.05, 0) is 31.7 Å². The molecule has 1 aromatic heterocycles. The fourth-order valence-electron chi connectivity index (χ4n) is 4.52. The number of fused-ring (bicyclic) bond motifs is 2. The topological polar surface area (TPSA) is 58.4 Å². The molecule has 5 nitrogen and oxygen atoms in total. The van der Waals surface area contributed by atoms with Crippen LogP contribution in [0.5, 0.6) is 0 Å². The van der Waals surface area contributed by atoms with E-state index in [0.717, 1.165) is 47.5 Å². The van der Waals surface area contributed by atoms with Crippen molar-refractivity contribution in [3.05, 3.63) is 41.5 Å². The lowest BCUT2D eigenvalue weighted by Gasteiger charge is -2.33. The quantitative estimate of drug-likeness (QED) is 0.573. The Labute approximate surface area is 158 Å². The Bertz CT molecular complexity index is 1050. The summed E-state index contributed by atoms with van der Waals surface area (Å²) in [6, 6.07) is 9.74. The van der Waals surface area contributed by atoms with Crippen molar-refractivity contribution < 1.29 is 9.32 Å². The van der Waals surface area contributed by atoms with E-state index in [1.807, 2.05) is 24.3 Å². The molecule has 27 heavy (non-hydrogen) atoms. The van der Waals surface area contributed by atoms with E-state index in [9.17, 15) is 4.79 Å². The zero-order chi connectivity index (χ0) is 18.5. The van der Waals surface area contributed by atoms with Gasteiger partial charge in [0.25, 0.3) is 0 Å². The molecule has 0 saturated carbocycles. The molecule has 0 radical (unpaired) electrons. The first kappa shape index (κ1) is 16.4. The highest BCUT2D eigenvalue weighted by Crippen LogP contribution is 2.46. The summed E-state index contributed by atoms with van der Waals surface area (Å²) in [5.74, 6) is 1.40. The van der Waals surface area contributed by atoms with E-state index in [0.29, 0.717) is 22.8 Å². The van der Waals surface area contributed by atoms with Gasteiger partial charge in [0.15, 0.2) is 11.5 Å². The molecule has 1 aliphatic heterocycles. The lowest BCUT2D eigenvalue weighted by atomic mass is 9.86. The summed E-state index contributed by atoms with van der Waals surface area (Å²) >= 11 is 0. The molecule has 0 amide bonds. The number of rotatable bonds is 3. The third-order valence-electron chi connectivity index (χ3n) is 5.74. The molecule has 2 heterocycles. The molecule has 2 aliphatic rings. The third-order valence-corrected chi connectivity index (χ3v) is 5.74. The Hall–Kier alpha value is -2.82. The number of piperidine rings is 1. The average molecular weight is 361 g/mol. The molecule has 1 N–H and O–H groups in total. The van der Waals surface area contributed by atoms with Gasteiger partial charge in [0.2, 0.25) is 0 Å². The number of benzene rings is 2. The predicted octanol–water partition coefficient (Wildman–Crippen LogP) is 4.71. The molecule has 1 fully saturated rings. The van der Waals surface area contributed by atoms with Crippen molar-refractivity contribution in [1.29, 1.82) is 0 Å². The van der Waals surface area contributed by atoms with Crippen molar-refractivity contribution in [3.8, 4) is 11.3 Å². The molecule has 5 rings (SSSR count). The maximum atomic E-state index is 13.3. The van der Waals surface area contributed by atoms with E-state index in [1.165, 1.54) is 12.8 Å². The SMILES string of the molecule is CCNc1cc(N2CCC[C@@H](C)C2)c2noc3c2c1C(=O)c1ccccc1-3. The molecule has 0 bridgehead atoms. The number of hydrogen-bond acceptors (Lipinski definition) is 5. The van der Waals surface area contributed by atoms with Gasteiger partial charge in [-0.25, -0.2) is 0 Å². The van der Waals surface area contributed by atoms with Crippen LogP contribution in [0.1, 0.15) is 42.6 Å². The van der Waals surface area contributed by atoms with Gasteiger partial charge in [-0.2, -0.15) is 0 Å². The van der Waals surface area contributed by atoms with E-state index in [4.69, 9.17) is 4.52 Å². The number of carbonyl (C=O) groups excluding carboxylic acids is 1. The summed E-state index contributed by atoms with van der Waals surface area (Å²) in [6.45, 7) is 7.11. The minimum Gasteiger partial charge on any atom is -0.385 e. The molecule has 0 spiro atoms. The van der Waals surface area contributed by atoms with Crippen LogP contribution in [0.2, 0.25) is 0 Å². The number of carbonyl (C=O) groups is 1. The normalized spacial score (nSPS) is 18.7. The van der Waals surface area contributed by atoms with Crippen LogP contribution in [0.3, 0.4) is 0 Å². The summed E-state index contributed by atoms with van der Waals surface area (Å²) in [4.78, 5) is 15.7. The second-order valence-electron chi connectivity index (χ2n) is 7.65. The van der Waals surface area contributed by atoms with Crippen LogP contribution < -0.4 is 10.2 Å². The molecule has 1 saturated heterocycles. The van der Waals surface area contributed by atoms with Crippen LogP contribution in [-0.4, -0.2) is 30.6 Å². The average Bonchev–Trinajstić information content (AvgIpc) is 3.12. The van der Waals surface area contributed by atoms with Crippen molar-refractivity contribution >= 4 is 28.1 Å². The van der Waals surface area contributed by atoms with Gasteiger partial charge < -0.3 is 14.7 Å². The number of nitrogens with one attached hydrogen (secondary N) is 1. The first-order valence-electron chi connectivity index (χ1n) is 9.78. The Morgan fingerprint density at radius 3 is 2.89 bits per heavy atom. The van der Waals surface area contributed by atoms with Crippen LogP contribution in [0, 0.1) is 5.92 Å². The zero-order valence-electron chi connectivity index (χ0n) is 15.7. The molecular formula is C22H23N3O2. The zero-order valence-corrected chi connectivity index (χ0v) is 15.7. The minimum absolute atomic E-state index is 0.0424. The minimum atomic E-state index is 0.0424. The molecule has 1 atom stereocenters. The molecule has 138 valence electrons. The van der Waals surface area contributed by atoms with Gasteiger partial charge in [-0.15, -0.1) is 0 Å². The molecule has 3 aromatic rings. The fraction of sp³-hybridized carbons (Fsp3) is 0.364. The summed E-state index contributed by atoms with van der Waals surface area (Å²) in [7, 11) is 0. The van der Waals surface area contributed by atoms with Gasteiger partial charge in [0.1, 0.15) is 5.52 Å². The van der Waals surface area contributed by atoms with Crippen LogP contribution in [0.15, 0.2) is 34.9 Å². The lowest BCUT2D eigenvalue weighted by molar-refractivity contribution is 0.104. The highest BCUT2D eigenvalue weighted by atomic mass is 16.5. The molecule has 5 heteroatoms. The van der Waals surface area contributed by atoms with E-state index >= 15 is 0 Å². The largest absolute Gasteiger partial charge is 0.385 e. The lowest BCUT2D eigenvalue weighted by Crippen LogP contribution is -2.34.